The average molecular weight is 391 g/mol. The van der Waals surface area contributed by atoms with E-state index in [1.165, 1.54) is 24.3 Å². The number of amides is 1. The van der Waals surface area contributed by atoms with Gasteiger partial charge in [-0.2, -0.15) is 0 Å². The lowest BCUT2D eigenvalue weighted by Gasteiger charge is -2.11. The Balaban J connectivity index is 1.65. The molecule has 0 bridgehead atoms. The van der Waals surface area contributed by atoms with E-state index < -0.39 is 24.2 Å². The third-order valence-electron chi connectivity index (χ3n) is 4.14. The summed E-state index contributed by atoms with van der Waals surface area (Å²) in [7, 11) is 0. The normalized spacial score (nSPS) is 10.2. The van der Waals surface area contributed by atoms with E-state index >= 15 is 0 Å². The largest absolute Gasteiger partial charge is 0.454 e. The number of halogens is 1. The number of para-hydroxylation sites is 1. The summed E-state index contributed by atoms with van der Waals surface area (Å²) in [6.45, 7) is -0.605. The Morgan fingerprint density at radius 2 is 1.41 bits per heavy atom. The molecular weight excluding hydrogens is 373 g/mol. The number of benzene rings is 3. The van der Waals surface area contributed by atoms with Crippen molar-refractivity contribution in [2.75, 3.05) is 11.9 Å². The minimum atomic E-state index is -0.787. The molecule has 3 aromatic carbocycles. The van der Waals surface area contributed by atoms with Crippen LogP contribution in [-0.4, -0.2) is 24.3 Å². The van der Waals surface area contributed by atoms with E-state index in [0.717, 1.165) is 11.6 Å². The van der Waals surface area contributed by atoms with Crippen LogP contribution >= 0.6 is 0 Å². The molecule has 3 aromatic rings. The van der Waals surface area contributed by atoms with Crippen LogP contribution < -0.4 is 5.32 Å². The lowest BCUT2D eigenvalue weighted by molar-refractivity contribution is -0.115. The molecule has 146 valence electrons. The summed E-state index contributed by atoms with van der Waals surface area (Å²) in [5.74, 6) is -2.41. The summed E-state index contributed by atoms with van der Waals surface area (Å²) in [5, 5.41) is 2.68. The summed E-state index contributed by atoms with van der Waals surface area (Å²) >= 11 is 0. The Kier molecular flexibility index (Phi) is 6.47. The van der Waals surface area contributed by atoms with E-state index in [-0.39, 0.29) is 29.1 Å². The Morgan fingerprint density at radius 1 is 0.793 bits per heavy atom. The summed E-state index contributed by atoms with van der Waals surface area (Å²) in [6.07, 6.45) is 0.149. The van der Waals surface area contributed by atoms with Crippen LogP contribution in [0.5, 0.6) is 0 Å². The number of Topliss-reactive ketones (excluding diaryl/α,β-unsaturated/α-hetero) is 1. The molecule has 0 atom stereocenters. The van der Waals surface area contributed by atoms with Crippen LogP contribution in [0.2, 0.25) is 0 Å². The quantitative estimate of drug-likeness (QED) is 0.487. The van der Waals surface area contributed by atoms with Gasteiger partial charge in [0, 0.05) is 0 Å². The maximum absolute atomic E-state index is 13.7. The lowest BCUT2D eigenvalue weighted by Crippen LogP contribution is -2.19. The molecule has 5 nitrogen and oxygen atoms in total. The molecule has 6 heteroatoms. The van der Waals surface area contributed by atoms with Gasteiger partial charge in [-0.15, -0.1) is 0 Å². The smallest absolute Gasteiger partial charge is 0.340 e. The van der Waals surface area contributed by atoms with Crippen molar-refractivity contribution < 1.29 is 23.5 Å². The van der Waals surface area contributed by atoms with Crippen LogP contribution in [-0.2, 0) is 16.0 Å². The van der Waals surface area contributed by atoms with Gasteiger partial charge in [-0.25, -0.2) is 9.18 Å². The molecule has 0 heterocycles. The molecule has 0 aliphatic carbocycles. The van der Waals surface area contributed by atoms with E-state index in [4.69, 9.17) is 4.74 Å². The number of hydrogen-bond donors (Lipinski definition) is 1. The number of ketones is 1. The van der Waals surface area contributed by atoms with E-state index in [1.54, 1.807) is 18.2 Å². The first-order valence-corrected chi connectivity index (χ1v) is 8.92. The van der Waals surface area contributed by atoms with E-state index in [0.29, 0.717) is 0 Å². The number of hydrogen-bond acceptors (Lipinski definition) is 4. The molecule has 0 fully saturated rings. The molecule has 3 rings (SSSR count). The molecular formula is C23H18FNO4. The predicted molar refractivity (Wildman–Crippen MR) is 106 cm³/mol. The molecule has 0 saturated heterocycles. The Hall–Kier alpha value is -3.80. The van der Waals surface area contributed by atoms with Crippen molar-refractivity contribution in [3.8, 4) is 0 Å². The van der Waals surface area contributed by atoms with Gasteiger partial charge in [-0.1, -0.05) is 54.6 Å². The number of anilines is 1. The van der Waals surface area contributed by atoms with E-state index in [9.17, 15) is 18.8 Å². The van der Waals surface area contributed by atoms with Crippen LogP contribution in [0.15, 0.2) is 78.9 Å². The van der Waals surface area contributed by atoms with Gasteiger partial charge in [0.15, 0.2) is 6.61 Å². The predicted octanol–water partition coefficient (Wildman–Crippen LogP) is 4.05. The van der Waals surface area contributed by atoms with Gasteiger partial charge in [0.2, 0.25) is 11.7 Å². The van der Waals surface area contributed by atoms with Crippen LogP contribution in [0.3, 0.4) is 0 Å². The van der Waals surface area contributed by atoms with Crippen molar-refractivity contribution in [3.63, 3.8) is 0 Å². The highest BCUT2D eigenvalue weighted by atomic mass is 19.1. The zero-order valence-corrected chi connectivity index (χ0v) is 15.4. The number of ether oxygens (including phenoxy) is 1. The van der Waals surface area contributed by atoms with Gasteiger partial charge in [-0.05, 0) is 29.8 Å². The maximum Gasteiger partial charge on any atom is 0.340 e. The third-order valence-corrected chi connectivity index (χ3v) is 4.14. The second kappa shape index (κ2) is 9.41. The maximum atomic E-state index is 13.7. The first-order chi connectivity index (χ1) is 14.0. The minimum Gasteiger partial charge on any atom is -0.454 e. The SMILES string of the molecule is O=C(Cc1ccccc1)Nc1ccccc1C(=O)OCC(=O)c1ccccc1F. The van der Waals surface area contributed by atoms with Gasteiger partial charge >= 0.3 is 5.97 Å². The van der Waals surface area contributed by atoms with Gasteiger partial charge in [0.1, 0.15) is 5.82 Å². The van der Waals surface area contributed by atoms with Crippen molar-refractivity contribution >= 4 is 23.3 Å². The molecule has 0 spiro atoms. The fourth-order valence-electron chi connectivity index (χ4n) is 2.72. The molecule has 29 heavy (non-hydrogen) atoms. The first-order valence-electron chi connectivity index (χ1n) is 8.92. The highest BCUT2D eigenvalue weighted by Gasteiger charge is 2.18. The molecule has 0 aromatic heterocycles. The molecule has 1 amide bonds. The highest BCUT2D eigenvalue weighted by Crippen LogP contribution is 2.17. The third kappa shape index (κ3) is 5.35. The topological polar surface area (TPSA) is 72.5 Å². The molecule has 0 aliphatic heterocycles. The monoisotopic (exact) mass is 391 g/mol. The van der Waals surface area contributed by atoms with Gasteiger partial charge in [-0.3, -0.25) is 9.59 Å². The second-order valence-corrected chi connectivity index (χ2v) is 6.24. The minimum absolute atomic E-state index is 0.107. The molecule has 0 radical (unpaired) electrons. The lowest BCUT2D eigenvalue weighted by atomic mass is 10.1. The van der Waals surface area contributed by atoms with Crippen LogP contribution in [0.1, 0.15) is 26.3 Å². The van der Waals surface area contributed by atoms with Gasteiger partial charge in [0.25, 0.3) is 0 Å². The van der Waals surface area contributed by atoms with Crippen molar-refractivity contribution in [3.05, 3.63) is 101 Å². The first kappa shape index (κ1) is 19.9. The number of rotatable bonds is 7. The fourth-order valence-corrected chi connectivity index (χ4v) is 2.72. The number of nitrogens with one attached hydrogen (secondary N) is 1. The molecule has 1 N–H and O–H groups in total. The highest BCUT2D eigenvalue weighted by molar-refractivity contribution is 6.03. The van der Waals surface area contributed by atoms with E-state index in [2.05, 4.69) is 5.32 Å². The zero-order chi connectivity index (χ0) is 20.6. The summed E-state index contributed by atoms with van der Waals surface area (Å²) in [4.78, 5) is 36.8. The van der Waals surface area contributed by atoms with Crippen molar-refractivity contribution in [2.45, 2.75) is 6.42 Å². The zero-order valence-electron chi connectivity index (χ0n) is 15.4. The van der Waals surface area contributed by atoms with Crippen molar-refractivity contribution in [2.24, 2.45) is 0 Å². The average Bonchev–Trinajstić information content (AvgIpc) is 2.73. The van der Waals surface area contributed by atoms with Gasteiger partial charge < -0.3 is 10.1 Å². The number of esters is 1. The molecule has 0 saturated carbocycles. The summed E-state index contributed by atoms with van der Waals surface area (Å²) < 4.78 is 18.7. The summed E-state index contributed by atoms with van der Waals surface area (Å²) in [5.41, 5.74) is 1.07. The fraction of sp³-hybridized carbons (Fsp3) is 0.0870. The number of carbonyl (C=O) groups is 3. The molecule has 0 unspecified atom stereocenters. The Morgan fingerprint density at radius 3 is 2.14 bits per heavy atom. The standard InChI is InChI=1S/C23H18FNO4/c24-19-12-6-4-10-17(19)21(26)15-29-23(28)18-11-5-7-13-20(18)25-22(27)14-16-8-2-1-3-9-16/h1-13H,14-15H2,(H,25,27). The Bertz CT molecular complexity index is 1030. The Labute approximate surface area is 167 Å². The van der Waals surface area contributed by atoms with Crippen LogP contribution in [0.4, 0.5) is 10.1 Å². The van der Waals surface area contributed by atoms with Crippen LogP contribution in [0, 0.1) is 5.82 Å². The second-order valence-electron chi connectivity index (χ2n) is 6.24. The van der Waals surface area contributed by atoms with Crippen LogP contribution in [0.25, 0.3) is 0 Å². The van der Waals surface area contributed by atoms with E-state index in [1.807, 2.05) is 30.3 Å². The van der Waals surface area contributed by atoms with Gasteiger partial charge in [0.05, 0.1) is 23.2 Å². The van der Waals surface area contributed by atoms with Crippen molar-refractivity contribution in [1.82, 2.24) is 0 Å². The molecule has 0 aliphatic rings. The van der Waals surface area contributed by atoms with Crippen molar-refractivity contribution in [1.29, 1.82) is 0 Å². The summed E-state index contributed by atoms with van der Waals surface area (Å²) in [6, 6.07) is 21.0. The number of carbonyl (C=O) groups excluding carboxylic acids is 3.